The highest BCUT2D eigenvalue weighted by molar-refractivity contribution is 6.33. The summed E-state index contributed by atoms with van der Waals surface area (Å²) in [6.45, 7) is 0. The van der Waals surface area contributed by atoms with Crippen LogP contribution in [0.25, 0.3) is 28.4 Å². The Morgan fingerprint density at radius 3 is 2.54 bits per heavy atom. The first-order valence-electron chi connectivity index (χ1n) is 7.37. The van der Waals surface area contributed by atoms with Gasteiger partial charge in [0.25, 0.3) is 5.78 Å². The first-order chi connectivity index (χ1) is 11.8. The summed E-state index contributed by atoms with van der Waals surface area (Å²) < 4.78 is 6.89. The lowest BCUT2D eigenvalue weighted by Gasteiger charge is -2.05. The summed E-state index contributed by atoms with van der Waals surface area (Å²) >= 11 is 6.32. The van der Waals surface area contributed by atoms with Crippen molar-refractivity contribution in [1.82, 2.24) is 19.6 Å². The lowest BCUT2D eigenvalue weighted by molar-refractivity contribution is 0.415. The van der Waals surface area contributed by atoms with Crippen molar-refractivity contribution < 1.29 is 4.74 Å². The Balaban J connectivity index is 1.86. The Bertz CT molecular complexity index is 1010. The van der Waals surface area contributed by atoms with Crippen LogP contribution in [0.15, 0.2) is 60.8 Å². The first-order valence-corrected chi connectivity index (χ1v) is 7.75. The predicted molar refractivity (Wildman–Crippen MR) is 93.2 cm³/mol. The highest BCUT2D eigenvalue weighted by atomic mass is 35.5. The molecular weight excluding hydrogens is 324 g/mol. The van der Waals surface area contributed by atoms with Gasteiger partial charge in [-0.25, -0.2) is 4.98 Å². The second-order valence-corrected chi connectivity index (χ2v) is 5.59. The smallest absolute Gasteiger partial charge is 0.253 e. The molecule has 0 aliphatic heterocycles. The van der Waals surface area contributed by atoms with Gasteiger partial charge in [0.05, 0.1) is 12.8 Å². The molecule has 0 saturated carbocycles. The van der Waals surface area contributed by atoms with E-state index < -0.39 is 0 Å². The van der Waals surface area contributed by atoms with Crippen molar-refractivity contribution in [2.24, 2.45) is 0 Å². The molecule has 0 radical (unpaired) electrons. The topological polar surface area (TPSA) is 52.3 Å². The molecule has 2 aromatic heterocycles. The van der Waals surface area contributed by atoms with Gasteiger partial charge in [-0.1, -0.05) is 29.8 Å². The second-order valence-electron chi connectivity index (χ2n) is 5.19. The molecule has 0 saturated heterocycles. The SMILES string of the molecule is COc1ccc(-c2nc3nccc(-c4ccccc4Cl)n3n2)cc1. The Morgan fingerprint density at radius 2 is 1.79 bits per heavy atom. The summed E-state index contributed by atoms with van der Waals surface area (Å²) in [5.74, 6) is 1.92. The van der Waals surface area contributed by atoms with Gasteiger partial charge in [-0.05, 0) is 36.4 Å². The number of aromatic nitrogens is 4. The number of halogens is 1. The molecule has 6 heteroatoms. The summed E-state index contributed by atoms with van der Waals surface area (Å²) in [5.41, 5.74) is 2.63. The second kappa shape index (κ2) is 5.94. The third-order valence-corrected chi connectivity index (χ3v) is 4.07. The zero-order chi connectivity index (χ0) is 16.5. The average Bonchev–Trinajstić information content (AvgIpc) is 3.06. The monoisotopic (exact) mass is 336 g/mol. The molecule has 0 unspecified atom stereocenters. The van der Waals surface area contributed by atoms with E-state index in [0.717, 1.165) is 22.6 Å². The third-order valence-electron chi connectivity index (χ3n) is 3.74. The lowest BCUT2D eigenvalue weighted by Crippen LogP contribution is -1.96. The summed E-state index contributed by atoms with van der Waals surface area (Å²) in [5, 5.41) is 5.26. The van der Waals surface area contributed by atoms with Crippen molar-refractivity contribution in [3.63, 3.8) is 0 Å². The number of ether oxygens (including phenoxy) is 1. The van der Waals surface area contributed by atoms with Crippen LogP contribution >= 0.6 is 11.6 Å². The van der Waals surface area contributed by atoms with Crippen molar-refractivity contribution in [3.8, 4) is 28.4 Å². The summed E-state index contributed by atoms with van der Waals surface area (Å²) in [7, 11) is 1.64. The van der Waals surface area contributed by atoms with Crippen molar-refractivity contribution in [1.29, 1.82) is 0 Å². The summed E-state index contributed by atoms with van der Waals surface area (Å²) in [4.78, 5) is 8.81. The number of nitrogens with zero attached hydrogens (tertiary/aromatic N) is 4. The van der Waals surface area contributed by atoms with Gasteiger partial charge in [0.2, 0.25) is 0 Å². The Kier molecular flexibility index (Phi) is 3.63. The first kappa shape index (κ1) is 14.7. The Morgan fingerprint density at radius 1 is 1.00 bits per heavy atom. The molecule has 0 bridgehead atoms. The molecule has 5 nitrogen and oxygen atoms in total. The van der Waals surface area contributed by atoms with E-state index in [1.807, 2.05) is 54.6 Å². The van der Waals surface area contributed by atoms with Crippen molar-refractivity contribution >= 4 is 17.4 Å². The third kappa shape index (κ3) is 2.49. The average molecular weight is 337 g/mol. The van der Waals surface area contributed by atoms with E-state index in [1.165, 1.54) is 0 Å². The largest absolute Gasteiger partial charge is 0.497 e. The molecule has 2 heterocycles. The highest BCUT2D eigenvalue weighted by Crippen LogP contribution is 2.28. The van der Waals surface area contributed by atoms with Gasteiger partial charge in [-0.2, -0.15) is 9.50 Å². The molecule has 118 valence electrons. The van der Waals surface area contributed by atoms with Crippen LogP contribution in [-0.4, -0.2) is 26.7 Å². The number of benzene rings is 2. The van der Waals surface area contributed by atoms with Crippen LogP contribution in [0, 0.1) is 0 Å². The maximum atomic E-state index is 6.32. The molecule has 2 aromatic carbocycles. The van der Waals surface area contributed by atoms with Crippen LogP contribution in [0.5, 0.6) is 5.75 Å². The van der Waals surface area contributed by atoms with Crippen LogP contribution in [-0.2, 0) is 0 Å². The Labute approximate surface area is 143 Å². The predicted octanol–water partition coefficient (Wildman–Crippen LogP) is 4.12. The summed E-state index contributed by atoms with van der Waals surface area (Å²) in [6, 6.07) is 17.1. The minimum Gasteiger partial charge on any atom is -0.497 e. The standard InChI is InChI=1S/C18H13ClN4O/c1-24-13-8-6-12(7-9-13)17-21-18-20-11-10-16(23(18)22-17)14-4-2-3-5-15(14)19/h2-11H,1H3. The van der Waals surface area contributed by atoms with Gasteiger partial charge in [-0.15, -0.1) is 5.10 Å². The van der Waals surface area contributed by atoms with E-state index in [-0.39, 0.29) is 0 Å². The number of fused-ring (bicyclic) bond motifs is 1. The molecule has 0 atom stereocenters. The molecule has 0 amide bonds. The van der Waals surface area contributed by atoms with Gasteiger partial charge in [0.1, 0.15) is 5.75 Å². The molecule has 24 heavy (non-hydrogen) atoms. The van der Waals surface area contributed by atoms with Crippen molar-refractivity contribution in [2.75, 3.05) is 7.11 Å². The normalized spacial score (nSPS) is 10.9. The molecule has 0 fully saturated rings. The number of rotatable bonds is 3. The van der Waals surface area contributed by atoms with Crippen LogP contribution in [0.2, 0.25) is 5.02 Å². The maximum absolute atomic E-state index is 6.32. The van der Waals surface area contributed by atoms with Gasteiger partial charge in [-0.3, -0.25) is 0 Å². The van der Waals surface area contributed by atoms with Crippen molar-refractivity contribution in [3.05, 3.63) is 65.8 Å². The molecule has 0 spiro atoms. The van der Waals surface area contributed by atoms with E-state index in [0.29, 0.717) is 16.6 Å². The number of methoxy groups -OCH3 is 1. The van der Waals surface area contributed by atoms with Crippen LogP contribution in [0.3, 0.4) is 0 Å². The fraction of sp³-hybridized carbons (Fsp3) is 0.0556. The van der Waals surface area contributed by atoms with Gasteiger partial charge in [0.15, 0.2) is 5.82 Å². The van der Waals surface area contributed by atoms with E-state index in [4.69, 9.17) is 16.3 Å². The number of hydrogen-bond acceptors (Lipinski definition) is 4. The van der Waals surface area contributed by atoms with E-state index in [2.05, 4.69) is 15.1 Å². The molecule has 0 aliphatic rings. The zero-order valence-electron chi connectivity index (χ0n) is 12.8. The number of hydrogen-bond donors (Lipinski definition) is 0. The fourth-order valence-corrected chi connectivity index (χ4v) is 2.76. The minimum absolute atomic E-state index is 0.526. The van der Waals surface area contributed by atoms with Crippen LogP contribution in [0.1, 0.15) is 0 Å². The van der Waals surface area contributed by atoms with Gasteiger partial charge >= 0.3 is 0 Å². The quantitative estimate of drug-likeness (QED) is 0.564. The van der Waals surface area contributed by atoms with Crippen LogP contribution < -0.4 is 4.74 Å². The van der Waals surface area contributed by atoms with E-state index >= 15 is 0 Å². The maximum Gasteiger partial charge on any atom is 0.253 e. The fourth-order valence-electron chi connectivity index (χ4n) is 2.53. The van der Waals surface area contributed by atoms with E-state index in [9.17, 15) is 0 Å². The zero-order valence-corrected chi connectivity index (χ0v) is 13.6. The molecule has 0 N–H and O–H groups in total. The summed E-state index contributed by atoms with van der Waals surface area (Å²) in [6.07, 6.45) is 1.71. The Hall–Kier alpha value is -2.92. The van der Waals surface area contributed by atoms with Crippen LogP contribution in [0.4, 0.5) is 0 Å². The highest BCUT2D eigenvalue weighted by Gasteiger charge is 2.13. The minimum atomic E-state index is 0.526. The lowest BCUT2D eigenvalue weighted by atomic mass is 10.1. The molecule has 0 aliphatic carbocycles. The molecule has 4 rings (SSSR count). The van der Waals surface area contributed by atoms with Gasteiger partial charge in [0, 0.05) is 22.3 Å². The molecule has 4 aromatic rings. The van der Waals surface area contributed by atoms with E-state index in [1.54, 1.807) is 17.8 Å². The molecular formula is C18H13ClN4O. The van der Waals surface area contributed by atoms with Crippen molar-refractivity contribution in [2.45, 2.75) is 0 Å². The van der Waals surface area contributed by atoms with Gasteiger partial charge < -0.3 is 4.74 Å².